The van der Waals surface area contributed by atoms with Crippen LogP contribution in [0.3, 0.4) is 0 Å². The molecule has 0 amide bonds. The summed E-state index contributed by atoms with van der Waals surface area (Å²) in [6.45, 7) is 13.2. The number of aliphatic imine (C=N–C) groups is 1. The predicted octanol–water partition coefficient (Wildman–Crippen LogP) is 2.33. The number of rotatable bonds is 10. The minimum atomic E-state index is 0.238. The molecule has 180 valence electrons. The highest BCUT2D eigenvalue weighted by Crippen LogP contribution is 2.31. The van der Waals surface area contributed by atoms with Crippen molar-refractivity contribution in [3.05, 3.63) is 0 Å². The Labute approximate surface area is 190 Å². The summed E-state index contributed by atoms with van der Waals surface area (Å²) in [4.78, 5) is 10.3. The molecule has 0 aromatic carbocycles. The van der Waals surface area contributed by atoms with Crippen LogP contribution in [0.1, 0.15) is 58.3 Å². The van der Waals surface area contributed by atoms with E-state index in [9.17, 15) is 0 Å². The maximum Gasteiger partial charge on any atom is 0.191 e. The van der Waals surface area contributed by atoms with E-state index in [0.29, 0.717) is 5.92 Å². The zero-order valence-corrected chi connectivity index (χ0v) is 20.2. The molecule has 3 fully saturated rings. The second-order valence-corrected chi connectivity index (χ2v) is 9.68. The number of nitrogens with zero attached hydrogens (tertiary/aromatic N) is 3. The van der Waals surface area contributed by atoms with Gasteiger partial charge in [-0.05, 0) is 91.0 Å². The van der Waals surface area contributed by atoms with Gasteiger partial charge in [-0.25, -0.2) is 0 Å². The molecule has 3 aliphatic rings. The van der Waals surface area contributed by atoms with E-state index in [1.54, 1.807) is 0 Å². The van der Waals surface area contributed by atoms with Gasteiger partial charge < -0.3 is 25.0 Å². The van der Waals surface area contributed by atoms with E-state index in [0.717, 1.165) is 71.3 Å². The third-order valence-electron chi connectivity index (χ3n) is 7.27. The van der Waals surface area contributed by atoms with Crippen molar-refractivity contribution >= 4 is 5.96 Å². The third kappa shape index (κ3) is 8.19. The minimum absolute atomic E-state index is 0.238. The third-order valence-corrected chi connectivity index (χ3v) is 7.27. The van der Waals surface area contributed by atoms with Gasteiger partial charge in [-0.1, -0.05) is 6.42 Å². The quantitative estimate of drug-likeness (QED) is 0.311. The molecular formula is C24H47N5O2. The molecule has 2 N–H and O–H groups in total. The normalized spacial score (nSPS) is 24.3. The van der Waals surface area contributed by atoms with Gasteiger partial charge in [-0.2, -0.15) is 0 Å². The van der Waals surface area contributed by atoms with Gasteiger partial charge in [0, 0.05) is 45.1 Å². The lowest BCUT2D eigenvalue weighted by Crippen LogP contribution is -2.58. The summed E-state index contributed by atoms with van der Waals surface area (Å²) in [5.74, 6) is 1.64. The summed E-state index contributed by atoms with van der Waals surface area (Å²) in [7, 11) is 2.25. The molecule has 0 saturated carbocycles. The van der Waals surface area contributed by atoms with Gasteiger partial charge in [0.05, 0.1) is 6.54 Å². The fourth-order valence-corrected chi connectivity index (χ4v) is 5.09. The summed E-state index contributed by atoms with van der Waals surface area (Å²) in [5, 5.41) is 6.99. The van der Waals surface area contributed by atoms with Gasteiger partial charge in [-0.3, -0.25) is 9.89 Å². The van der Waals surface area contributed by atoms with E-state index in [4.69, 9.17) is 14.5 Å². The molecule has 7 nitrogen and oxygen atoms in total. The smallest absolute Gasteiger partial charge is 0.191 e. The molecule has 0 aliphatic carbocycles. The Morgan fingerprint density at radius 3 is 2.52 bits per heavy atom. The topological polar surface area (TPSA) is 61.4 Å². The van der Waals surface area contributed by atoms with Crippen LogP contribution >= 0.6 is 0 Å². The largest absolute Gasteiger partial charge is 0.381 e. The number of hydrogen-bond acceptors (Lipinski definition) is 5. The Balaban J connectivity index is 1.43. The number of hydrogen-bond donors (Lipinski definition) is 2. The van der Waals surface area contributed by atoms with Crippen LogP contribution in [0.15, 0.2) is 4.99 Å². The molecule has 3 rings (SSSR count). The molecule has 0 aromatic heterocycles. The van der Waals surface area contributed by atoms with Crippen molar-refractivity contribution in [2.75, 3.05) is 79.3 Å². The Bertz CT molecular complexity index is 510. The average molecular weight is 438 g/mol. The van der Waals surface area contributed by atoms with Crippen LogP contribution in [0, 0.1) is 5.92 Å². The van der Waals surface area contributed by atoms with Crippen molar-refractivity contribution in [3.8, 4) is 0 Å². The number of guanidine groups is 1. The molecule has 3 aliphatic heterocycles. The van der Waals surface area contributed by atoms with E-state index in [1.165, 1.54) is 58.3 Å². The molecule has 31 heavy (non-hydrogen) atoms. The van der Waals surface area contributed by atoms with Crippen molar-refractivity contribution in [2.45, 2.75) is 63.8 Å². The van der Waals surface area contributed by atoms with Gasteiger partial charge >= 0.3 is 0 Å². The Morgan fingerprint density at radius 1 is 1.06 bits per heavy atom. The van der Waals surface area contributed by atoms with E-state index < -0.39 is 0 Å². The van der Waals surface area contributed by atoms with Crippen LogP contribution in [0.25, 0.3) is 0 Å². The second kappa shape index (κ2) is 13.6. The van der Waals surface area contributed by atoms with Crippen molar-refractivity contribution in [1.29, 1.82) is 0 Å². The summed E-state index contributed by atoms with van der Waals surface area (Å²) >= 11 is 0. The summed E-state index contributed by atoms with van der Waals surface area (Å²) in [5.41, 5.74) is 0.238. The molecular weight excluding hydrogens is 390 g/mol. The maximum absolute atomic E-state index is 5.91. The van der Waals surface area contributed by atoms with Crippen molar-refractivity contribution in [1.82, 2.24) is 20.4 Å². The summed E-state index contributed by atoms with van der Waals surface area (Å²) in [6, 6.07) is 0. The van der Waals surface area contributed by atoms with Gasteiger partial charge in [0.1, 0.15) is 0 Å². The van der Waals surface area contributed by atoms with Gasteiger partial charge in [-0.15, -0.1) is 0 Å². The Morgan fingerprint density at radius 2 is 1.81 bits per heavy atom. The lowest BCUT2D eigenvalue weighted by Gasteiger charge is -2.49. The van der Waals surface area contributed by atoms with Gasteiger partial charge in [0.2, 0.25) is 0 Å². The first-order valence-electron chi connectivity index (χ1n) is 12.8. The first-order valence-corrected chi connectivity index (χ1v) is 12.8. The van der Waals surface area contributed by atoms with Gasteiger partial charge in [0.15, 0.2) is 5.96 Å². The first-order chi connectivity index (χ1) is 15.2. The van der Waals surface area contributed by atoms with Crippen LogP contribution in [0.4, 0.5) is 0 Å². The lowest BCUT2D eigenvalue weighted by atomic mass is 9.84. The summed E-state index contributed by atoms with van der Waals surface area (Å²) < 4.78 is 11.3. The van der Waals surface area contributed by atoms with E-state index in [1.807, 2.05) is 0 Å². The molecule has 0 aromatic rings. The van der Waals surface area contributed by atoms with E-state index in [-0.39, 0.29) is 5.54 Å². The second-order valence-electron chi connectivity index (χ2n) is 9.68. The van der Waals surface area contributed by atoms with Crippen molar-refractivity contribution in [2.24, 2.45) is 10.9 Å². The van der Waals surface area contributed by atoms with Crippen LogP contribution in [-0.4, -0.2) is 101 Å². The predicted molar refractivity (Wildman–Crippen MR) is 128 cm³/mol. The van der Waals surface area contributed by atoms with E-state index in [2.05, 4.69) is 34.4 Å². The maximum atomic E-state index is 5.91. The number of piperidine rings is 2. The summed E-state index contributed by atoms with van der Waals surface area (Å²) in [6.07, 6.45) is 9.82. The molecule has 0 unspecified atom stereocenters. The molecule has 7 heteroatoms. The first kappa shape index (κ1) is 24.7. The lowest BCUT2D eigenvalue weighted by molar-refractivity contribution is 0.0202. The highest BCUT2D eigenvalue weighted by atomic mass is 16.5. The standard InChI is InChI=1S/C24H47N5O2/c1-3-25-23(26-12-7-17-31-20-22-8-18-30-19-9-22)27-21-24(10-15-28(2)16-11-24)29-13-5-4-6-14-29/h22H,3-21H2,1-2H3,(H2,25,26,27). The molecule has 0 bridgehead atoms. The van der Waals surface area contributed by atoms with Crippen LogP contribution in [0.5, 0.6) is 0 Å². The molecule has 3 saturated heterocycles. The average Bonchev–Trinajstić information content (AvgIpc) is 2.82. The fourth-order valence-electron chi connectivity index (χ4n) is 5.09. The Hall–Kier alpha value is -0.890. The minimum Gasteiger partial charge on any atom is -0.381 e. The van der Waals surface area contributed by atoms with E-state index >= 15 is 0 Å². The number of ether oxygens (including phenoxy) is 2. The van der Waals surface area contributed by atoms with Crippen molar-refractivity contribution < 1.29 is 9.47 Å². The fraction of sp³-hybridized carbons (Fsp3) is 0.958. The molecule has 0 atom stereocenters. The Kier molecular flexibility index (Phi) is 10.9. The van der Waals surface area contributed by atoms with Crippen molar-refractivity contribution in [3.63, 3.8) is 0 Å². The van der Waals surface area contributed by atoms with Crippen LogP contribution < -0.4 is 10.6 Å². The SMILES string of the molecule is CCNC(=NCC1(N2CCCCC2)CCN(C)CC1)NCCCOCC1CCOCC1. The molecule has 0 radical (unpaired) electrons. The number of nitrogens with one attached hydrogen (secondary N) is 2. The monoisotopic (exact) mass is 437 g/mol. The van der Waals surface area contributed by atoms with Gasteiger partial charge in [0.25, 0.3) is 0 Å². The number of likely N-dealkylation sites (tertiary alicyclic amines) is 2. The van der Waals surface area contributed by atoms with Crippen LogP contribution in [0.2, 0.25) is 0 Å². The molecule has 3 heterocycles. The highest BCUT2D eigenvalue weighted by molar-refractivity contribution is 5.79. The van der Waals surface area contributed by atoms with Crippen LogP contribution in [-0.2, 0) is 9.47 Å². The zero-order valence-electron chi connectivity index (χ0n) is 20.2. The molecule has 0 spiro atoms. The zero-order chi connectivity index (χ0) is 21.8. The highest BCUT2D eigenvalue weighted by Gasteiger charge is 2.39.